The van der Waals surface area contributed by atoms with E-state index in [-0.39, 0.29) is 17.2 Å². The van der Waals surface area contributed by atoms with Gasteiger partial charge >= 0.3 is 11.9 Å². The molecule has 0 heterocycles. The van der Waals surface area contributed by atoms with Crippen LogP contribution in [0.4, 0.5) is 5.69 Å². The van der Waals surface area contributed by atoms with Crippen LogP contribution in [0, 0.1) is 0 Å². The molecule has 0 radical (unpaired) electrons. The molecule has 25 heavy (non-hydrogen) atoms. The molecule has 0 aromatic heterocycles. The van der Waals surface area contributed by atoms with Crippen molar-refractivity contribution in [3.05, 3.63) is 29.3 Å². The van der Waals surface area contributed by atoms with Crippen molar-refractivity contribution in [1.82, 2.24) is 0 Å². The molecule has 0 bridgehead atoms. The SMILES string of the molecule is CCCCCCCCCCC(C)Nc1ccc(C(=O)O)c(C(=O)O)c1. The summed E-state index contributed by atoms with van der Waals surface area (Å²) in [4.78, 5) is 22.3. The number of carboxylic acids is 2. The van der Waals surface area contributed by atoms with Gasteiger partial charge in [-0.3, -0.25) is 0 Å². The number of carboxylic acid groups (broad SMARTS) is 2. The summed E-state index contributed by atoms with van der Waals surface area (Å²) in [6.07, 6.45) is 11.2. The Bertz CT molecular complexity index is 557. The van der Waals surface area contributed by atoms with Gasteiger partial charge in [0.15, 0.2) is 0 Å². The Kier molecular flexibility index (Phi) is 9.66. The first-order valence-corrected chi connectivity index (χ1v) is 9.32. The maximum Gasteiger partial charge on any atom is 0.336 e. The third-order valence-corrected chi connectivity index (χ3v) is 4.38. The van der Waals surface area contributed by atoms with Crippen molar-refractivity contribution in [1.29, 1.82) is 0 Å². The second-order valence-electron chi connectivity index (χ2n) is 6.68. The second kappa shape index (κ2) is 11.5. The first-order chi connectivity index (χ1) is 12.0. The molecule has 0 saturated heterocycles. The first-order valence-electron chi connectivity index (χ1n) is 9.32. The van der Waals surface area contributed by atoms with Crippen LogP contribution < -0.4 is 5.32 Å². The highest BCUT2D eigenvalue weighted by Gasteiger charge is 2.16. The number of carbonyl (C=O) groups is 2. The van der Waals surface area contributed by atoms with Crippen LogP contribution in [0.2, 0.25) is 0 Å². The number of nitrogens with one attached hydrogen (secondary N) is 1. The molecule has 1 unspecified atom stereocenters. The number of hydrogen-bond donors (Lipinski definition) is 3. The number of anilines is 1. The molecule has 0 fully saturated rings. The quantitative estimate of drug-likeness (QED) is 0.414. The standard InChI is InChI=1S/C20H31NO4/c1-3-4-5-6-7-8-9-10-11-15(2)21-16-12-13-17(19(22)23)18(14-16)20(24)25/h12-15,21H,3-11H2,1-2H3,(H,22,23)(H,24,25). The molecule has 1 atom stereocenters. The summed E-state index contributed by atoms with van der Waals surface area (Å²) in [5.74, 6) is -2.45. The van der Waals surface area contributed by atoms with Crippen molar-refractivity contribution in [3.8, 4) is 0 Å². The predicted octanol–water partition coefficient (Wildman–Crippen LogP) is 5.41. The molecule has 1 aromatic carbocycles. The summed E-state index contributed by atoms with van der Waals surface area (Å²) < 4.78 is 0. The maximum atomic E-state index is 11.2. The zero-order valence-electron chi connectivity index (χ0n) is 15.4. The summed E-state index contributed by atoms with van der Waals surface area (Å²) in [5.41, 5.74) is 0.278. The molecule has 0 saturated carbocycles. The first kappa shape index (κ1) is 21.0. The highest BCUT2D eigenvalue weighted by atomic mass is 16.4. The Balaban J connectivity index is 2.37. The van der Waals surface area contributed by atoms with Gasteiger partial charge < -0.3 is 15.5 Å². The maximum absolute atomic E-state index is 11.2. The van der Waals surface area contributed by atoms with Crippen LogP contribution in [0.3, 0.4) is 0 Å². The van der Waals surface area contributed by atoms with Crippen molar-refractivity contribution in [2.24, 2.45) is 0 Å². The minimum atomic E-state index is -1.23. The Labute approximate surface area is 150 Å². The number of benzene rings is 1. The molecular weight excluding hydrogens is 318 g/mol. The lowest BCUT2D eigenvalue weighted by atomic mass is 10.0. The third kappa shape index (κ3) is 8.05. The number of rotatable bonds is 13. The fourth-order valence-corrected chi connectivity index (χ4v) is 2.94. The number of hydrogen-bond acceptors (Lipinski definition) is 3. The molecule has 0 aliphatic rings. The van der Waals surface area contributed by atoms with Crippen LogP contribution in [0.15, 0.2) is 18.2 Å². The summed E-state index contributed by atoms with van der Waals surface area (Å²) in [6.45, 7) is 4.29. The summed E-state index contributed by atoms with van der Waals surface area (Å²) >= 11 is 0. The minimum Gasteiger partial charge on any atom is -0.478 e. The van der Waals surface area contributed by atoms with Gasteiger partial charge in [0.25, 0.3) is 0 Å². The van der Waals surface area contributed by atoms with Crippen LogP contribution >= 0.6 is 0 Å². The average Bonchev–Trinajstić information content (AvgIpc) is 2.57. The largest absolute Gasteiger partial charge is 0.478 e. The van der Waals surface area contributed by atoms with Gasteiger partial charge in [-0.1, -0.05) is 58.3 Å². The van der Waals surface area contributed by atoms with E-state index >= 15 is 0 Å². The van der Waals surface area contributed by atoms with Crippen LogP contribution in [-0.2, 0) is 0 Å². The van der Waals surface area contributed by atoms with Crippen LogP contribution in [0.5, 0.6) is 0 Å². The van der Waals surface area contributed by atoms with E-state index in [0.29, 0.717) is 5.69 Å². The van der Waals surface area contributed by atoms with E-state index in [4.69, 9.17) is 10.2 Å². The molecule has 0 spiro atoms. The van der Waals surface area contributed by atoms with Gasteiger partial charge in [0.2, 0.25) is 0 Å². The predicted molar refractivity (Wildman–Crippen MR) is 101 cm³/mol. The third-order valence-electron chi connectivity index (χ3n) is 4.38. The second-order valence-corrected chi connectivity index (χ2v) is 6.68. The number of unbranched alkanes of at least 4 members (excludes halogenated alkanes) is 7. The molecule has 140 valence electrons. The molecule has 3 N–H and O–H groups in total. The van der Waals surface area contributed by atoms with E-state index in [9.17, 15) is 9.59 Å². The van der Waals surface area contributed by atoms with E-state index in [1.807, 2.05) is 0 Å². The van der Waals surface area contributed by atoms with Crippen LogP contribution in [-0.4, -0.2) is 28.2 Å². The zero-order chi connectivity index (χ0) is 18.7. The topological polar surface area (TPSA) is 86.6 Å². The fraction of sp³-hybridized carbons (Fsp3) is 0.600. The van der Waals surface area contributed by atoms with Crippen molar-refractivity contribution < 1.29 is 19.8 Å². The molecule has 5 heteroatoms. The van der Waals surface area contributed by atoms with Crippen molar-refractivity contribution in [2.45, 2.75) is 77.7 Å². The molecule has 0 amide bonds. The van der Waals surface area contributed by atoms with Crippen molar-refractivity contribution in [2.75, 3.05) is 5.32 Å². The van der Waals surface area contributed by atoms with E-state index < -0.39 is 11.9 Å². The molecule has 1 aromatic rings. The van der Waals surface area contributed by atoms with E-state index in [1.165, 1.54) is 57.1 Å². The Hall–Kier alpha value is -2.04. The summed E-state index contributed by atoms with van der Waals surface area (Å²) in [7, 11) is 0. The highest BCUT2D eigenvalue weighted by molar-refractivity contribution is 6.02. The summed E-state index contributed by atoms with van der Waals surface area (Å²) in [6, 6.07) is 4.59. The molecule has 0 aliphatic heterocycles. The Morgan fingerprint density at radius 2 is 1.48 bits per heavy atom. The highest BCUT2D eigenvalue weighted by Crippen LogP contribution is 2.19. The molecule has 0 aliphatic carbocycles. The van der Waals surface area contributed by atoms with Crippen molar-refractivity contribution in [3.63, 3.8) is 0 Å². The molecule has 1 rings (SSSR count). The Morgan fingerprint density at radius 1 is 0.920 bits per heavy atom. The van der Waals surface area contributed by atoms with Gasteiger partial charge in [-0.25, -0.2) is 9.59 Å². The van der Waals surface area contributed by atoms with Crippen LogP contribution in [0.1, 0.15) is 92.4 Å². The van der Waals surface area contributed by atoms with Crippen LogP contribution in [0.25, 0.3) is 0 Å². The normalized spacial score (nSPS) is 11.9. The van der Waals surface area contributed by atoms with E-state index in [2.05, 4.69) is 19.2 Å². The number of aromatic carboxylic acids is 2. The van der Waals surface area contributed by atoms with Crippen molar-refractivity contribution >= 4 is 17.6 Å². The average molecular weight is 349 g/mol. The van der Waals surface area contributed by atoms with Gasteiger partial charge in [-0.05, 0) is 31.5 Å². The van der Waals surface area contributed by atoms with Gasteiger partial charge in [0, 0.05) is 11.7 Å². The minimum absolute atomic E-state index is 0.184. The lowest BCUT2D eigenvalue weighted by Gasteiger charge is -2.16. The molecular formula is C20H31NO4. The monoisotopic (exact) mass is 349 g/mol. The lowest BCUT2D eigenvalue weighted by Crippen LogP contribution is -2.16. The van der Waals surface area contributed by atoms with Gasteiger partial charge in [0.1, 0.15) is 0 Å². The van der Waals surface area contributed by atoms with Gasteiger partial charge in [-0.2, -0.15) is 0 Å². The molecule has 5 nitrogen and oxygen atoms in total. The summed E-state index contributed by atoms with van der Waals surface area (Å²) in [5, 5.41) is 21.5. The smallest absolute Gasteiger partial charge is 0.336 e. The lowest BCUT2D eigenvalue weighted by molar-refractivity contribution is 0.0651. The van der Waals surface area contributed by atoms with Gasteiger partial charge in [-0.15, -0.1) is 0 Å². The van der Waals surface area contributed by atoms with E-state index in [0.717, 1.165) is 12.8 Å². The van der Waals surface area contributed by atoms with E-state index in [1.54, 1.807) is 6.07 Å². The fourth-order valence-electron chi connectivity index (χ4n) is 2.94. The zero-order valence-corrected chi connectivity index (χ0v) is 15.4. The Morgan fingerprint density at radius 3 is 2.04 bits per heavy atom. The van der Waals surface area contributed by atoms with Gasteiger partial charge in [0.05, 0.1) is 11.1 Å².